The Bertz CT molecular complexity index is 1040. The third-order valence-electron chi connectivity index (χ3n) is 4.95. The van der Waals surface area contributed by atoms with Crippen LogP contribution in [0.3, 0.4) is 0 Å². The van der Waals surface area contributed by atoms with Crippen LogP contribution in [-0.2, 0) is 22.6 Å². The molecule has 0 saturated carbocycles. The third kappa shape index (κ3) is 6.11. The Hall–Kier alpha value is -3.80. The van der Waals surface area contributed by atoms with Crippen molar-refractivity contribution in [2.45, 2.75) is 32.3 Å². The molecule has 0 atom stereocenters. The van der Waals surface area contributed by atoms with Crippen LogP contribution in [0.15, 0.2) is 72.4 Å². The van der Waals surface area contributed by atoms with Crippen molar-refractivity contribution in [2.24, 2.45) is 5.16 Å². The predicted octanol–water partition coefficient (Wildman–Crippen LogP) is 5.31. The molecule has 2 aromatic rings. The summed E-state index contributed by atoms with van der Waals surface area (Å²) in [4.78, 5) is 18.3. The molecular weight excluding hydrogens is 406 g/mol. The van der Waals surface area contributed by atoms with Crippen LogP contribution in [0.2, 0.25) is 0 Å². The number of oxime groups is 1. The summed E-state index contributed by atoms with van der Waals surface area (Å²) in [5.74, 6) is -1.20. The molecular formula is C26H27NO5. The van der Waals surface area contributed by atoms with Crippen LogP contribution >= 0.6 is 0 Å². The van der Waals surface area contributed by atoms with Crippen molar-refractivity contribution < 1.29 is 24.6 Å². The molecule has 3 rings (SSSR count). The van der Waals surface area contributed by atoms with E-state index in [9.17, 15) is 15.0 Å². The number of esters is 1. The van der Waals surface area contributed by atoms with Crippen LogP contribution in [-0.4, -0.2) is 28.5 Å². The molecule has 2 aromatic carbocycles. The molecule has 0 bridgehead atoms. The first-order valence-corrected chi connectivity index (χ1v) is 10.5. The molecule has 2 N–H and O–H groups in total. The van der Waals surface area contributed by atoms with Crippen LogP contribution in [0, 0.1) is 0 Å². The fourth-order valence-corrected chi connectivity index (χ4v) is 3.37. The van der Waals surface area contributed by atoms with E-state index >= 15 is 0 Å². The highest BCUT2D eigenvalue weighted by Crippen LogP contribution is 2.34. The number of phenolic OH excluding ortho intramolecular Hbond substituents is 2. The quantitative estimate of drug-likeness (QED) is 0.388. The van der Waals surface area contributed by atoms with Crippen molar-refractivity contribution >= 4 is 17.8 Å². The topological polar surface area (TPSA) is 88.3 Å². The SMILES string of the molecule is C=Cc1c(O)cc(O)c2c1CC(=N/OCc1ccccc1)/C=C/CC/C=C/CCOC2=O. The summed E-state index contributed by atoms with van der Waals surface area (Å²) in [6, 6.07) is 10.8. The van der Waals surface area contributed by atoms with Gasteiger partial charge in [-0.2, -0.15) is 0 Å². The van der Waals surface area contributed by atoms with Crippen LogP contribution in [0.4, 0.5) is 0 Å². The molecule has 0 radical (unpaired) electrons. The summed E-state index contributed by atoms with van der Waals surface area (Å²) in [6.45, 7) is 4.22. The smallest absolute Gasteiger partial charge is 0.342 e. The van der Waals surface area contributed by atoms with Crippen molar-refractivity contribution in [2.75, 3.05) is 6.61 Å². The molecule has 32 heavy (non-hydrogen) atoms. The summed E-state index contributed by atoms with van der Waals surface area (Å²) < 4.78 is 5.35. The number of phenols is 2. The van der Waals surface area contributed by atoms with Gasteiger partial charge in [-0.3, -0.25) is 0 Å². The van der Waals surface area contributed by atoms with Gasteiger partial charge in [-0.25, -0.2) is 4.79 Å². The number of fused-ring (bicyclic) bond motifs is 1. The predicted molar refractivity (Wildman–Crippen MR) is 125 cm³/mol. The maximum atomic E-state index is 12.8. The van der Waals surface area contributed by atoms with E-state index in [1.165, 1.54) is 6.08 Å². The average Bonchev–Trinajstić information content (AvgIpc) is 2.78. The van der Waals surface area contributed by atoms with E-state index in [4.69, 9.17) is 9.57 Å². The summed E-state index contributed by atoms with van der Waals surface area (Å²) in [5, 5.41) is 25.0. The van der Waals surface area contributed by atoms with Gasteiger partial charge in [0.05, 0.1) is 12.3 Å². The molecule has 0 amide bonds. The minimum Gasteiger partial charge on any atom is -0.507 e. The van der Waals surface area contributed by atoms with Gasteiger partial charge in [0.25, 0.3) is 0 Å². The molecule has 1 aliphatic rings. The number of benzene rings is 2. The lowest BCUT2D eigenvalue weighted by molar-refractivity contribution is 0.0507. The number of allylic oxidation sites excluding steroid dienone is 3. The Morgan fingerprint density at radius 1 is 1.06 bits per heavy atom. The second kappa shape index (κ2) is 11.6. The lowest BCUT2D eigenvalue weighted by Gasteiger charge is -2.16. The number of carbonyl (C=O) groups is 1. The second-order valence-corrected chi connectivity index (χ2v) is 7.28. The number of cyclic esters (lactones) is 1. The zero-order valence-corrected chi connectivity index (χ0v) is 17.9. The first-order chi connectivity index (χ1) is 15.6. The molecule has 6 heteroatoms. The molecule has 166 valence electrons. The maximum Gasteiger partial charge on any atom is 0.342 e. The van der Waals surface area contributed by atoms with Gasteiger partial charge in [-0.15, -0.1) is 0 Å². The normalized spacial score (nSPS) is 18.1. The lowest BCUT2D eigenvalue weighted by atomic mass is 9.94. The first kappa shape index (κ1) is 22.9. The van der Waals surface area contributed by atoms with Crippen molar-refractivity contribution in [3.05, 3.63) is 89.5 Å². The van der Waals surface area contributed by atoms with Gasteiger partial charge in [0, 0.05) is 18.1 Å². The summed E-state index contributed by atoms with van der Waals surface area (Å²) in [5.41, 5.74) is 2.21. The Labute approximate surface area is 187 Å². The number of rotatable bonds is 4. The Balaban J connectivity index is 1.99. The largest absolute Gasteiger partial charge is 0.507 e. The van der Waals surface area contributed by atoms with Crippen LogP contribution in [0.1, 0.15) is 46.3 Å². The maximum absolute atomic E-state index is 12.8. The Kier molecular flexibility index (Phi) is 8.26. The van der Waals surface area contributed by atoms with Crippen molar-refractivity contribution in [3.63, 3.8) is 0 Å². The number of aromatic hydroxyl groups is 2. The second-order valence-electron chi connectivity index (χ2n) is 7.28. The molecule has 0 unspecified atom stereocenters. The Morgan fingerprint density at radius 3 is 2.59 bits per heavy atom. The van der Waals surface area contributed by atoms with E-state index < -0.39 is 5.97 Å². The molecule has 6 nitrogen and oxygen atoms in total. The highest BCUT2D eigenvalue weighted by Gasteiger charge is 2.24. The minimum atomic E-state index is -0.667. The van der Waals surface area contributed by atoms with Gasteiger partial charge in [0.2, 0.25) is 0 Å². The van der Waals surface area contributed by atoms with Crippen LogP contribution in [0.5, 0.6) is 11.5 Å². The number of ether oxygens (including phenoxy) is 1. The molecule has 1 heterocycles. The number of hydrogen-bond acceptors (Lipinski definition) is 6. The third-order valence-corrected chi connectivity index (χ3v) is 4.95. The molecule has 0 saturated heterocycles. The van der Waals surface area contributed by atoms with Gasteiger partial charge in [0.1, 0.15) is 23.7 Å². The van der Waals surface area contributed by atoms with Crippen LogP contribution in [0.25, 0.3) is 6.08 Å². The molecule has 0 spiro atoms. The highest BCUT2D eigenvalue weighted by atomic mass is 16.6. The first-order valence-electron chi connectivity index (χ1n) is 10.5. The van der Waals surface area contributed by atoms with E-state index in [0.717, 1.165) is 24.5 Å². The van der Waals surface area contributed by atoms with Gasteiger partial charge in [-0.05, 0) is 36.5 Å². The zero-order chi connectivity index (χ0) is 22.8. The fourth-order valence-electron chi connectivity index (χ4n) is 3.37. The van der Waals surface area contributed by atoms with E-state index in [1.54, 1.807) is 0 Å². The standard InChI is InChI=1S/C26H27NO5/c1-2-21-22-16-20(27-32-18-19-12-8-7-9-13-19)14-10-5-3-4-6-11-15-31-26(30)25(22)24(29)17-23(21)28/h2,4,6-10,12-14,17,28-29H,1,3,5,11,15-16,18H2/b6-4+,14-10+,27-20+. The molecule has 1 aliphatic heterocycles. The zero-order valence-electron chi connectivity index (χ0n) is 17.9. The minimum absolute atomic E-state index is 0.0112. The average molecular weight is 434 g/mol. The fraction of sp³-hybridized carbons (Fsp3) is 0.231. The van der Waals surface area contributed by atoms with Gasteiger partial charge >= 0.3 is 5.97 Å². The lowest BCUT2D eigenvalue weighted by Crippen LogP contribution is -2.14. The van der Waals surface area contributed by atoms with Crippen molar-refractivity contribution in [1.29, 1.82) is 0 Å². The molecule has 0 fully saturated rings. The highest BCUT2D eigenvalue weighted by molar-refractivity contribution is 6.02. The Morgan fingerprint density at radius 2 is 1.81 bits per heavy atom. The van der Waals surface area contributed by atoms with E-state index in [0.29, 0.717) is 23.3 Å². The number of hydrogen-bond donors (Lipinski definition) is 2. The van der Waals surface area contributed by atoms with Crippen molar-refractivity contribution in [3.8, 4) is 11.5 Å². The van der Waals surface area contributed by atoms with Gasteiger partial charge in [-0.1, -0.05) is 66.4 Å². The van der Waals surface area contributed by atoms with E-state index in [-0.39, 0.29) is 36.7 Å². The van der Waals surface area contributed by atoms with Gasteiger partial charge in [0.15, 0.2) is 0 Å². The number of nitrogens with zero attached hydrogens (tertiary/aromatic N) is 1. The molecule has 0 aromatic heterocycles. The van der Waals surface area contributed by atoms with Crippen LogP contribution < -0.4 is 0 Å². The van der Waals surface area contributed by atoms with E-state index in [2.05, 4.69) is 11.7 Å². The van der Waals surface area contributed by atoms with Crippen molar-refractivity contribution in [1.82, 2.24) is 0 Å². The van der Waals surface area contributed by atoms with E-state index in [1.807, 2.05) is 54.6 Å². The summed E-state index contributed by atoms with van der Waals surface area (Å²) in [6.07, 6.45) is 11.6. The monoisotopic (exact) mass is 433 g/mol. The number of carbonyl (C=O) groups excluding carboxylic acids is 1. The summed E-state index contributed by atoms with van der Waals surface area (Å²) >= 11 is 0. The van der Waals surface area contributed by atoms with Gasteiger partial charge < -0.3 is 19.8 Å². The summed E-state index contributed by atoms with van der Waals surface area (Å²) in [7, 11) is 0. The molecule has 0 aliphatic carbocycles.